The lowest BCUT2D eigenvalue weighted by molar-refractivity contribution is -0.137. The van der Waals surface area contributed by atoms with E-state index in [1.165, 1.54) is 11.3 Å². The summed E-state index contributed by atoms with van der Waals surface area (Å²) in [6.45, 7) is 0. The highest BCUT2D eigenvalue weighted by Gasteiger charge is 2.35. The van der Waals surface area contributed by atoms with Crippen molar-refractivity contribution in [3.05, 3.63) is 38.5 Å². The van der Waals surface area contributed by atoms with E-state index in [1.807, 2.05) is 0 Å². The number of aromatic nitrogens is 1. The van der Waals surface area contributed by atoms with Crippen LogP contribution in [0.1, 0.15) is 20.9 Å². The molecule has 0 aliphatic heterocycles. The second kappa shape index (κ2) is 4.15. The minimum absolute atomic E-state index is 0.203. The minimum Gasteiger partial charge on any atom is -0.382 e. The highest BCUT2D eigenvalue weighted by molar-refractivity contribution is 7.12. The lowest BCUT2D eigenvalue weighted by atomic mass is 10.3. The van der Waals surface area contributed by atoms with Crippen molar-refractivity contribution in [1.82, 2.24) is 4.98 Å². The molecular weight excluding hydrogens is 259 g/mol. The number of hydrogen-bond acceptors (Lipinski definition) is 4. The van der Waals surface area contributed by atoms with Crippen LogP contribution in [0.15, 0.2) is 23.7 Å². The van der Waals surface area contributed by atoms with E-state index in [2.05, 4.69) is 4.98 Å². The van der Waals surface area contributed by atoms with Crippen LogP contribution in [0.2, 0.25) is 0 Å². The van der Waals surface area contributed by atoms with Gasteiger partial charge in [-0.05, 0) is 11.4 Å². The normalized spacial score (nSPS) is 14.0. The monoisotopic (exact) mass is 265 g/mol. The van der Waals surface area contributed by atoms with Gasteiger partial charge in [0.1, 0.15) is 6.10 Å². The van der Waals surface area contributed by atoms with Gasteiger partial charge in [-0.2, -0.15) is 13.2 Å². The lowest BCUT2D eigenvalue weighted by Gasteiger charge is -2.04. The van der Waals surface area contributed by atoms with Gasteiger partial charge in [0.15, 0.2) is 5.01 Å². The Hall–Kier alpha value is -0.920. The molecule has 2 aromatic heterocycles. The zero-order valence-corrected chi connectivity index (χ0v) is 9.36. The smallest absolute Gasteiger partial charge is 0.382 e. The van der Waals surface area contributed by atoms with Gasteiger partial charge in [-0.1, -0.05) is 6.07 Å². The fraction of sp³-hybridized carbons (Fsp3) is 0.222. The van der Waals surface area contributed by atoms with Crippen molar-refractivity contribution >= 4 is 22.7 Å². The van der Waals surface area contributed by atoms with Crippen LogP contribution >= 0.6 is 22.7 Å². The molecule has 1 atom stereocenters. The molecule has 7 heteroatoms. The van der Waals surface area contributed by atoms with Gasteiger partial charge in [-0.25, -0.2) is 4.98 Å². The summed E-state index contributed by atoms with van der Waals surface area (Å²) >= 11 is 1.76. The molecule has 0 saturated heterocycles. The summed E-state index contributed by atoms with van der Waals surface area (Å²) in [7, 11) is 0. The van der Waals surface area contributed by atoms with Crippen molar-refractivity contribution in [2.24, 2.45) is 0 Å². The topological polar surface area (TPSA) is 33.1 Å². The van der Waals surface area contributed by atoms with Crippen LogP contribution < -0.4 is 0 Å². The van der Waals surface area contributed by atoms with E-state index in [4.69, 9.17) is 0 Å². The van der Waals surface area contributed by atoms with Gasteiger partial charge in [-0.3, -0.25) is 0 Å². The lowest BCUT2D eigenvalue weighted by Crippen LogP contribution is -2.02. The third kappa shape index (κ3) is 2.26. The van der Waals surface area contributed by atoms with Gasteiger partial charge in [0.05, 0.1) is 4.88 Å². The van der Waals surface area contributed by atoms with E-state index in [0.29, 0.717) is 16.2 Å². The molecule has 1 N–H and O–H groups in total. The molecule has 0 radical (unpaired) electrons. The van der Waals surface area contributed by atoms with E-state index >= 15 is 0 Å². The Kier molecular flexibility index (Phi) is 3.00. The van der Waals surface area contributed by atoms with Crippen LogP contribution in [0.25, 0.3) is 0 Å². The molecular formula is C9H6F3NOS2. The average molecular weight is 265 g/mol. The van der Waals surface area contributed by atoms with Crippen LogP contribution in [0.5, 0.6) is 0 Å². The molecule has 0 saturated carbocycles. The van der Waals surface area contributed by atoms with E-state index in [0.717, 1.165) is 6.20 Å². The quantitative estimate of drug-likeness (QED) is 0.903. The summed E-state index contributed by atoms with van der Waals surface area (Å²) < 4.78 is 36.8. The Morgan fingerprint density at radius 2 is 2.06 bits per heavy atom. The molecule has 0 amide bonds. The first-order chi connectivity index (χ1) is 7.48. The van der Waals surface area contributed by atoms with Crippen LogP contribution in [-0.2, 0) is 6.18 Å². The molecule has 0 aromatic carbocycles. The third-order valence-corrected chi connectivity index (χ3v) is 3.87. The van der Waals surface area contributed by atoms with Crippen LogP contribution in [0.3, 0.4) is 0 Å². The van der Waals surface area contributed by atoms with Crippen LogP contribution in [0.4, 0.5) is 13.2 Å². The van der Waals surface area contributed by atoms with E-state index in [9.17, 15) is 18.3 Å². The molecule has 2 nitrogen and oxygen atoms in total. The molecule has 2 aromatic rings. The van der Waals surface area contributed by atoms with Gasteiger partial charge < -0.3 is 5.11 Å². The molecule has 0 aliphatic carbocycles. The number of aliphatic hydroxyl groups excluding tert-OH is 1. The standard InChI is InChI=1S/C9H6F3NOS2/c10-9(11,12)8-13-4-6(16-8)7(14)5-2-1-3-15-5/h1-4,7,14H. The number of rotatable bonds is 2. The average Bonchev–Trinajstić information content (AvgIpc) is 2.87. The number of hydrogen-bond donors (Lipinski definition) is 1. The van der Waals surface area contributed by atoms with Gasteiger partial charge in [0.2, 0.25) is 0 Å². The first kappa shape index (κ1) is 11.6. The van der Waals surface area contributed by atoms with Crippen molar-refractivity contribution in [3.8, 4) is 0 Å². The first-order valence-electron chi connectivity index (χ1n) is 4.23. The largest absolute Gasteiger partial charge is 0.443 e. The zero-order valence-electron chi connectivity index (χ0n) is 7.73. The number of aliphatic hydroxyl groups is 1. The number of alkyl halides is 3. The fourth-order valence-electron chi connectivity index (χ4n) is 1.13. The summed E-state index contributed by atoms with van der Waals surface area (Å²) in [6.07, 6.45) is -4.40. The Bertz CT molecular complexity index is 463. The summed E-state index contributed by atoms with van der Waals surface area (Å²) in [5.74, 6) is 0. The number of thiazole rings is 1. The SMILES string of the molecule is OC(c1cccs1)c1cnc(C(F)(F)F)s1. The predicted octanol–water partition coefficient (Wildman–Crippen LogP) is 3.31. The van der Waals surface area contributed by atoms with Crippen molar-refractivity contribution in [3.63, 3.8) is 0 Å². The summed E-state index contributed by atoms with van der Waals surface area (Å²) in [4.78, 5) is 4.07. The molecule has 16 heavy (non-hydrogen) atoms. The van der Waals surface area contributed by atoms with E-state index in [-0.39, 0.29) is 4.88 Å². The fourth-order valence-corrected chi connectivity index (χ4v) is 2.72. The number of halogens is 3. The maximum atomic E-state index is 12.3. The second-order valence-corrected chi connectivity index (χ2v) is 5.02. The van der Waals surface area contributed by atoms with Crippen molar-refractivity contribution in [2.75, 3.05) is 0 Å². The summed E-state index contributed by atoms with van der Waals surface area (Å²) in [6, 6.07) is 3.40. The number of thiophene rings is 1. The van der Waals surface area contributed by atoms with Gasteiger partial charge in [0, 0.05) is 11.1 Å². The Balaban J connectivity index is 2.26. The minimum atomic E-state index is -4.45. The van der Waals surface area contributed by atoms with Crippen LogP contribution in [-0.4, -0.2) is 10.1 Å². The van der Waals surface area contributed by atoms with E-state index < -0.39 is 17.3 Å². The van der Waals surface area contributed by atoms with Crippen molar-refractivity contribution in [1.29, 1.82) is 0 Å². The second-order valence-electron chi connectivity index (χ2n) is 2.98. The van der Waals surface area contributed by atoms with E-state index in [1.54, 1.807) is 17.5 Å². The predicted molar refractivity (Wildman–Crippen MR) is 55.5 cm³/mol. The Labute approximate surface area is 97.0 Å². The summed E-state index contributed by atoms with van der Waals surface area (Å²) in [5.41, 5.74) is 0. The summed E-state index contributed by atoms with van der Waals surface area (Å²) in [5, 5.41) is 10.6. The molecule has 0 spiro atoms. The molecule has 2 heterocycles. The van der Waals surface area contributed by atoms with Crippen molar-refractivity contribution in [2.45, 2.75) is 12.3 Å². The van der Waals surface area contributed by atoms with Gasteiger partial charge >= 0.3 is 6.18 Å². The molecule has 0 fully saturated rings. The van der Waals surface area contributed by atoms with Crippen molar-refractivity contribution < 1.29 is 18.3 Å². The molecule has 2 rings (SSSR count). The zero-order chi connectivity index (χ0) is 11.8. The maximum Gasteiger partial charge on any atom is 0.443 e. The Morgan fingerprint density at radius 1 is 1.31 bits per heavy atom. The van der Waals surface area contributed by atoms with Gasteiger partial charge in [-0.15, -0.1) is 22.7 Å². The molecule has 1 unspecified atom stereocenters. The maximum absolute atomic E-state index is 12.3. The Morgan fingerprint density at radius 3 is 2.56 bits per heavy atom. The highest BCUT2D eigenvalue weighted by Crippen LogP contribution is 2.36. The molecule has 86 valence electrons. The molecule has 0 bridgehead atoms. The number of nitrogens with zero attached hydrogens (tertiary/aromatic N) is 1. The third-order valence-electron chi connectivity index (χ3n) is 1.85. The highest BCUT2D eigenvalue weighted by atomic mass is 32.1. The van der Waals surface area contributed by atoms with Gasteiger partial charge in [0.25, 0.3) is 0 Å². The van der Waals surface area contributed by atoms with Crippen LogP contribution in [0, 0.1) is 0 Å². The first-order valence-corrected chi connectivity index (χ1v) is 5.92. The molecule has 0 aliphatic rings.